The van der Waals surface area contributed by atoms with Gasteiger partial charge >= 0.3 is 0 Å². The molecule has 1 atom stereocenters. The molecule has 0 spiro atoms. The van der Waals surface area contributed by atoms with Crippen molar-refractivity contribution >= 4 is 5.69 Å². The maximum atomic E-state index is 13.8. The van der Waals surface area contributed by atoms with Crippen molar-refractivity contribution in [1.29, 1.82) is 5.26 Å². The second-order valence-corrected chi connectivity index (χ2v) is 4.74. The van der Waals surface area contributed by atoms with Crippen LogP contribution < -0.4 is 4.90 Å². The fourth-order valence-corrected chi connectivity index (χ4v) is 2.20. The lowest BCUT2D eigenvalue weighted by atomic mass is 10.1. The number of anilines is 1. The Kier molecular flexibility index (Phi) is 4.91. The number of rotatable bonds is 5. The number of nitrogens with zero attached hydrogens (tertiary/aromatic N) is 2. The molecule has 1 N–H and O–H groups in total. The SMILES string of the molecule is CCN(CC(O)c1ccc(C#N)cc1)c1ccccc1F. The first-order chi connectivity index (χ1) is 10.2. The van der Waals surface area contributed by atoms with Crippen LogP contribution in [0.2, 0.25) is 0 Å². The number of para-hydroxylation sites is 1. The van der Waals surface area contributed by atoms with Crippen LogP contribution in [0.4, 0.5) is 10.1 Å². The minimum Gasteiger partial charge on any atom is -0.387 e. The van der Waals surface area contributed by atoms with Gasteiger partial charge in [0.1, 0.15) is 5.82 Å². The highest BCUT2D eigenvalue weighted by Crippen LogP contribution is 2.22. The Balaban J connectivity index is 2.14. The fourth-order valence-electron chi connectivity index (χ4n) is 2.20. The molecule has 2 rings (SSSR count). The lowest BCUT2D eigenvalue weighted by Gasteiger charge is -2.26. The van der Waals surface area contributed by atoms with Gasteiger partial charge in [0.2, 0.25) is 0 Å². The van der Waals surface area contributed by atoms with Gasteiger partial charge in [0.05, 0.1) is 23.4 Å². The number of halogens is 1. The lowest BCUT2D eigenvalue weighted by molar-refractivity contribution is 0.183. The van der Waals surface area contributed by atoms with E-state index in [1.807, 2.05) is 13.0 Å². The number of hydrogen-bond donors (Lipinski definition) is 1. The quantitative estimate of drug-likeness (QED) is 0.916. The van der Waals surface area contributed by atoms with E-state index in [9.17, 15) is 9.50 Å². The molecule has 0 bridgehead atoms. The smallest absolute Gasteiger partial charge is 0.146 e. The van der Waals surface area contributed by atoms with Crippen molar-refractivity contribution in [1.82, 2.24) is 0 Å². The molecule has 0 aliphatic carbocycles. The van der Waals surface area contributed by atoms with E-state index in [1.54, 1.807) is 47.4 Å². The maximum Gasteiger partial charge on any atom is 0.146 e. The van der Waals surface area contributed by atoms with Crippen molar-refractivity contribution < 1.29 is 9.50 Å². The van der Waals surface area contributed by atoms with Crippen LogP contribution >= 0.6 is 0 Å². The van der Waals surface area contributed by atoms with Crippen LogP contribution in [0.3, 0.4) is 0 Å². The number of aliphatic hydroxyl groups is 1. The minimum absolute atomic E-state index is 0.295. The van der Waals surface area contributed by atoms with Crippen LogP contribution in [0.5, 0.6) is 0 Å². The van der Waals surface area contributed by atoms with Crippen LogP contribution in [0, 0.1) is 17.1 Å². The van der Waals surface area contributed by atoms with Crippen molar-refractivity contribution in [2.24, 2.45) is 0 Å². The first kappa shape index (κ1) is 15.0. The van der Waals surface area contributed by atoms with E-state index < -0.39 is 6.10 Å². The van der Waals surface area contributed by atoms with Crippen LogP contribution in [0.15, 0.2) is 48.5 Å². The van der Waals surface area contributed by atoms with Crippen molar-refractivity contribution in [2.45, 2.75) is 13.0 Å². The highest BCUT2D eigenvalue weighted by molar-refractivity contribution is 5.48. The molecule has 2 aromatic rings. The average Bonchev–Trinajstić information content (AvgIpc) is 2.53. The predicted molar refractivity (Wildman–Crippen MR) is 80.4 cm³/mol. The Bertz CT molecular complexity index is 634. The molecule has 0 aliphatic heterocycles. The topological polar surface area (TPSA) is 47.3 Å². The van der Waals surface area contributed by atoms with E-state index in [1.165, 1.54) is 6.07 Å². The van der Waals surface area contributed by atoms with E-state index in [2.05, 4.69) is 0 Å². The highest BCUT2D eigenvalue weighted by Gasteiger charge is 2.15. The van der Waals surface area contributed by atoms with E-state index >= 15 is 0 Å². The fraction of sp³-hybridized carbons (Fsp3) is 0.235. The number of aliphatic hydroxyl groups excluding tert-OH is 1. The largest absolute Gasteiger partial charge is 0.387 e. The molecule has 108 valence electrons. The zero-order valence-electron chi connectivity index (χ0n) is 11.8. The molecule has 0 heterocycles. The standard InChI is InChI=1S/C17H17FN2O/c1-2-20(16-6-4-3-5-15(16)18)12-17(21)14-9-7-13(11-19)8-10-14/h3-10,17,21H,2,12H2,1H3. The molecule has 0 amide bonds. The van der Waals surface area contributed by atoms with Gasteiger partial charge in [-0.2, -0.15) is 5.26 Å². The molecular formula is C17H17FN2O. The summed E-state index contributed by atoms with van der Waals surface area (Å²) >= 11 is 0. The van der Waals surface area contributed by atoms with Gasteiger partial charge in [0.15, 0.2) is 0 Å². The Labute approximate surface area is 123 Å². The summed E-state index contributed by atoms with van der Waals surface area (Å²) in [5.41, 5.74) is 1.74. The summed E-state index contributed by atoms with van der Waals surface area (Å²) in [5, 5.41) is 19.1. The number of likely N-dealkylation sites (N-methyl/N-ethyl adjacent to an activating group) is 1. The molecule has 3 nitrogen and oxygen atoms in total. The maximum absolute atomic E-state index is 13.8. The third kappa shape index (κ3) is 3.59. The van der Waals surface area contributed by atoms with Crippen molar-refractivity contribution in [3.05, 3.63) is 65.5 Å². The Morgan fingerprint density at radius 3 is 2.43 bits per heavy atom. The van der Waals surface area contributed by atoms with E-state index in [4.69, 9.17) is 5.26 Å². The number of nitriles is 1. The average molecular weight is 284 g/mol. The second-order valence-electron chi connectivity index (χ2n) is 4.74. The predicted octanol–water partition coefficient (Wildman–Crippen LogP) is 3.26. The minimum atomic E-state index is -0.739. The summed E-state index contributed by atoms with van der Waals surface area (Å²) in [6, 6.07) is 15.3. The van der Waals surface area contributed by atoms with Gasteiger partial charge < -0.3 is 10.0 Å². The summed E-state index contributed by atoms with van der Waals surface area (Å²) in [4.78, 5) is 1.79. The first-order valence-electron chi connectivity index (χ1n) is 6.83. The first-order valence-corrected chi connectivity index (χ1v) is 6.83. The molecule has 4 heteroatoms. The molecule has 2 aromatic carbocycles. The molecular weight excluding hydrogens is 267 g/mol. The zero-order chi connectivity index (χ0) is 15.2. The van der Waals surface area contributed by atoms with Gasteiger partial charge in [-0.15, -0.1) is 0 Å². The summed E-state index contributed by atoms with van der Waals surface area (Å²) in [6.07, 6.45) is -0.739. The zero-order valence-corrected chi connectivity index (χ0v) is 11.8. The molecule has 0 aliphatic rings. The van der Waals surface area contributed by atoms with Gasteiger partial charge in [-0.25, -0.2) is 4.39 Å². The van der Waals surface area contributed by atoms with Crippen molar-refractivity contribution in [3.8, 4) is 6.07 Å². The monoisotopic (exact) mass is 284 g/mol. The van der Waals surface area contributed by atoms with Crippen LogP contribution in [0.1, 0.15) is 24.2 Å². The number of hydrogen-bond acceptors (Lipinski definition) is 3. The molecule has 0 saturated heterocycles. The molecule has 0 saturated carbocycles. The highest BCUT2D eigenvalue weighted by atomic mass is 19.1. The second kappa shape index (κ2) is 6.87. The third-order valence-electron chi connectivity index (χ3n) is 3.39. The molecule has 0 aromatic heterocycles. The Morgan fingerprint density at radius 2 is 1.86 bits per heavy atom. The van der Waals surface area contributed by atoms with Gasteiger partial charge in [-0.1, -0.05) is 24.3 Å². The Morgan fingerprint density at radius 1 is 1.19 bits per heavy atom. The molecule has 0 radical (unpaired) electrons. The molecule has 0 fully saturated rings. The van der Waals surface area contributed by atoms with Gasteiger partial charge in [-0.3, -0.25) is 0 Å². The van der Waals surface area contributed by atoms with Gasteiger partial charge in [0.25, 0.3) is 0 Å². The van der Waals surface area contributed by atoms with Crippen molar-refractivity contribution in [3.63, 3.8) is 0 Å². The van der Waals surface area contributed by atoms with Crippen LogP contribution in [-0.2, 0) is 0 Å². The van der Waals surface area contributed by atoms with E-state index in [-0.39, 0.29) is 5.82 Å². The van der Waals surface area contributed by atoms with Gasteiger partial charge in [-0.05, 0) is 36.8 Å². The normalized spacial score (nSPS) is 11.7. The molecule has 1 unspecified atom stereocenters. The number of benzene rings is 2. The third-order valence-corrected chi connectivity index (χ3v) is 3.39. The van der Waals surface area contributed by atoms with Crippen molar-refractivity contribution in [2.75, 3.05) is 18.0 Å². The van der Waals surface area contributed by atoms with Gasteiger partial charge in [0, 0.05) is 13.1 Å². The summed E-state index contributed by atoms with van der Waals surface area (Å²) < 4.78 is 13.8. The van der Waals surface area contributed by atoms with E-state index in [0.717, 1.165) is 0 Å². The van der Waals surface area contributed by atoms with Crippen LogP contribution in [0.25, 0.3) is 0 Å². The lowest BCUT2D eigenvalue weighted by Crippen LogP contribution is -2.29. The van der Waals surface area contributed by atoms with E-state index in [0.29, 0.717) is 29.9 Å². The summed E-state index contributed by atoms with van der Waals surface area (Å²) in [6.45, 7) is 2.80. The van der Waals surface area contributed by atoms with Crippen LogP contribution in [-0.4, -0.2) is 18.2 Å². The summed E-state index contributed by atoms with van der Waals surface area (Å²) in [7, 11) is 0. The molecule has 21 heavy (non-hydrogen) atoms. The Hall–Kier alpha value is -2.38. The summed E-state index contributed by atoms with van der Waals surface area (Å²) in [5.74, 6) is -0.300.